The van der Waals surface area contributed by atoms with E-state index in [0.717, 1.165) is 30.6 Å². The second-order valence-corrected chi connectivity index (χ2v) is 8.76. The van der Waals surface area contributed by atoms with Crippen LogP contribution in [-0.2, 0) is 11.8 Å². The first-order chi connectivity index (χ1) is 14.3. The topological polar surface area (TPSA) is 68.2 Å². The third-order valence-electron chi connectivity index (χ3n) is 6.88. The van der Waals surface area contributed by atoms with Gasteiger partial charge in [0, 0.05) is 37.5 Å². The third-order valence-corrected chi connectivity index (χ3v) is 6.88. The third kappa shape index (κ3) is 3.45. The van der Waals surface area contributed by atoms with Gasteiger partial charge in [-0.05, 0) is 67.4 Å². The summed E-state index contributed by atoms with van der Waals surface area (Å²) in [7, 11) is 5.76. The number of hydrogen-bond acceptors (Lipinski definition) is 4. The van der Waals surface area contributed by atoms with E-state index in [1.807, 2.05) is 48.3 Å². The average molecular weight is 407 g/mol. The number of hydrogen-bond donors (Lipinski definition) is 2. The first-order valence-corrected chi connectivity index (χ1v) is 10.4. The molecule has 2 amide bonds. The van der Waals surface area contributed by atoms with Crippen molar-refractivity contribution in [1.29, 1.82) is 0 Å². The van der Waals surface area contributed by atoms with Gasteiger partial charge in [-0.2, -0.15) is 0 Å². The van der Waals surface area contributed by atoms with Crippen LogP contribution in [-0.4, -0.2) is 66.9 Å². The number of aliphatic imine (C=N–C) groups is 1. The monoisotopic (exact) mass is 406 g/mol. The number of piperidine rings is 1. The number of likely N-dealkylation sites (tertiary alicyclic amines) is 1. The van der Waals surface area contributed by atoms with Gasteiger partial charge in [0.15, 0.2) is 0 Å². The minimum atomic E-state index is -0.211. The smallest absolute Gasteiger partial charge is 0.321 e. The fraction of sp³-hybridized carbons (Fsp3) is 0.417. The van der Waals surface area contributed by atoms with Crippen LogP contribution in [0, 0.1) is 0 Å². The Labute approximate surface area is 178 Å². The second-order valence-electron chi connectivity index (χ2n) is 8.76. The van der Waals surface area contributed by atoms with Crippen LogP contribution in [0.4, 0.5) is 10.5 Å². The number of anilines is 1. The highest BCUT2D eigenvalue weighted by atomic mass is 16.3. The van der Waals surface area contributed by atoms with Gasteiger partial charge in [0.1, 0.15) is 5.75 Å². The normalized spacial score (nSPS) is 25.7. The molecule has 0 saturated carbocycles. The molecule has 4 rings (SSSR count). The quantitative estimate of drug-likeness (QED) is 0.767. The molecule has 0 radical (unpaired) electrons. The summed E-state index contributed by atoms with van der Waals surface area (Å²) in [5.41, 5.74) is 3.98. The van der Waals surface area contributed by atoms with Crippen LogP contribution in [0.1, 0.15) is 30.0 Å². The molecule has 2 aromatic carbocycles. The maximum absolute atomic E-state index is 13.2. The molecule has 6 heteroatoms. The Morgan fingerprint density at radius 3 is 2.73 bits per heavy atom. The van der Waals surface area contributed by atoms with Crippen molar-refractivity contribution in [3.8, 4) is 5.75 Å². The molecule has 2 N–H and O–H groups in total. The van der Waals surface area contributed by atoms with Crippen LogP contribution in [0.5, 0.6) is 5.75 Å². The lowest BCUT2D eigenvalue weighted by Crippen LogP contribution is -2.67. The van der Waals surface area contributed by atoms with Crippen LogP contribution in [0.3, 0.4) is 0 Å². The van der Waals surface area contributed by atoms with Crippen LogP contribution in [0.25, 0.3) is 0 Å². The number of phenols is 1. The zero-order valence-corrected chi connectivity index (χ0v) is 18.1. The van der Waals surface area contributed by atoms with E-state index in [1.165, 1.54) is 11.1 Å². The van der Waals surface area contributed by atoms with E-state index in [-0.39, 0.29) is 29.3 Å². The molecule has 6 nitrogen and oxygen atoms in total. The SMILES string of the molecule is C/N=C/c1ccc(NC(=O)N(C)[C@H]2C3Cc4ccc(O)cc4[C@@]2(C)CCN3C)cc1. The second kappa shape index (κ2) is 7.76. The number of carbonyl (C=O) groups is 1. The number of benzene rings is 2. The van der Waals surface area contributed by atoms with Crippen molar-refractivity contribution in [3.05, 3.63) is 59.2 Å². The molecular weight excluding hydrogens is 376 g/mol. The lowest BCUT2D eigenvalue weighted by molar-refractivity contribution is 0.0213. The Morgan fingerprint density at radius 2 is 2.03 bits per heavy atom. The van der Waals surface area contributed by atoms with E-state index in [2.05, 4.69) is 29.2 Å². The molecular formula is C24H30N4O2. The van der Waals surface area contributed by atoms with Crippen molar-refractivity contribution in [1.82, 2.24) is 9.80 Å². The van der Waals surface area contributed by atoms with Gasteiger partial charge in [-0.1, -0.05) is 25.1 Å². The maximum Gasteiger partial charge on any atom is 0.321 e. The molecule has 158 valence electrons. The molecule has 1 heterocycles. The number of fused-ring (bicyclic) bond motifs is 4. The summed E-state index contributed by atoms with van der Waals surface area (Å²) in [5, 5.41) is 13.2. The van der Waals surface area contributed by atoms with E-state index in [0.29, 0.717) is 0 Å². The molecule has 0 spiro atoms. The van der Waals surface area contributed by atoms with Crippen LogP contribution in [0.2, 0.25) is 0 Å². The van der Waals surface area contributed by atoms with Crippen molar-refractivity contribution in [3.63, 3.8) is 0 Å². The number of nitrogens with one attached hydrogen (secondary N) is 1. The summed E-state index contributed by atoms with van der Waals surface area (Å²) in [5.74, 6) is 0.286. The van der Waals surface area contributed by atoms with Gasteiger partial charge in [-0.25, -0.2) is 4.79 Å². The van der Waals surface area contributed by atoms with Gasteiger partial charge in [-0.3, -0.25) is 4.99 Å². The predicted molar refractivity (Wildman–Crippen MR) is 121 cm³/mol. The van der Waals surface area contributed by atoms with Gasteiger partial charge >= 0.3 is 6.03 Å². The van der Waals surface area contributed by atoms with Crippen LogP contribution < -0.4 is 5.32 Å². The molecule has 30 heavy (non-hydrogen) atoms. The van der Waals surface area contributed by atoms with Gasteiger partial charge in [0.25, 0.3) is 0 Å². The Hall–Kier alpha value is -2.86. The highest BCUT2D eigenvalue weighted by Crippen LogP contribution is 2.47. The van der Waals surface area contributed by atoms with E-state index in [4.69, 9.17) is 0 Å². The standard InChI is InChI=1S/C24H30N4O2/c1-24-11-12-27(3)21(13-17-7-10-19(29)14-20(17)24)22(24)28(4)23(30)26-18-8-5-16(6-9-18)15-25-2/h5-10,14-15,21-22,29H,11-13H2,1-4H3,(H,26,30)/b25-15+/t21?,22-,24+/m0/s1. The zero-order chi connectivity index (χ0) is 21.5. The van der Waals surface area contributed by atoms with Crippen LogP contribution in [0.15, 0.2) is 47.5 Å². The van der Waals surface area contributed by atoms with E-state index in [1.54, 1.807) is 19.3 Å². The predicted octanol–water partition coefficient (Wildman–Crippen LogP) is 3.49. The molecule has 3 atom stereocenters. The summed E-state index contributed by atoms with van der Waals surface area (Å²) >= 11 is 0. The molecule has 1 fully saturated rings. The lowest BCUT2D eigenvalue weighted by Gasteiger charge is -2.57. The zero-order valence-electron chi connectivity index (χ0n) is 18.1. The number of rotatable bonds is 3. The Morgan fingerprint density at radius 1 is 1.30 bits per heavy atom. The molecule has 2 aliphatic rings. The molecule has 0 aromatic heterocycles. The summed E-state index contributed by atoms with van der Waals surface area (Å²) < 4.78 is 0. The fourth-order valence-corrected chi connectivity index (χ4v) is 5.27. The molecule has 2 aromatic rings. The minimum absolute atomic E-state index is 0.0112. The maximum atomic E-state index is 13.2. The summed E-state index contributed by atoms with van der Waals surface area (Å²) in [4.78, 5) is 21.4. The van der Waals surface area contributed by atoms with Crippen molar-refractivity contribution >= 4 is 17.9 Å². The van der Waals surface area contributed by atoms with Gasteiger partial charge in [0.2, 0.25) is 0 Å². The molecule has 1 saturated heterocycles. The molecule has 1 unspecified atom stereocenters. The summed E-state index contributed by atoms with van der Waals surface area (Å²) in [6.07, 6.45) is 3.59. The Balaban J connectivity index is 1.62. The molecule has 2 bridgehead atoms. The summed E-state index contributed by atoms with van der Waals surface area (Å²) in [6, 6.07) is 13.5. The Kier molecular flexibility index (Phi) is 5.28. The van der Waals surface area contributed by atoms with Crippen LogP contribution >= 0.6 is 0 Å². The highest BCUT2D eigenvalue weighted by Gasteiger charge is 2.52. The van der Waals surface area contributed by atoms with E-state index < -0.39 is 0 Å². The summed E-state index contributed by atoms with van der Waals surface area (Å²) in [6.45, 7) is 3.21. The minimum Gasteiger partial charge on any atom is -0.508 e. The number of carbonyl (C=O) groups excluding carboxylic acids is 1. The average Bonchev–Trinajstić information content (AvgIpc) is 2.73. The van der Waals surface area contributed by atoms with Gasteiger partial charge in [0.05, 0.1) is 6.04 Å². The Bertz CT molecular complexity index is 972. The number of urea groups is 1. The van der Waals surface area contributed by atoms with Crippen molar-refractivity contribution in [2.75, 3.05) is 33.0 Å². The van der Waals surface area contributed by atoms with Gasteiger partial charge in [-0.15, -0.1) is 0 Å². The number of nitrogens with zero attached hydrogens (tertiary/aromatic N) is 3. The van der Waals surface area contributed by atoms with E-state index >= 15 is 0 Å². The largest absolute Gasteiger partial charge is 0.508 e. The number of aromatic hydroxyl groups is 1. The number of phenolic OH excluding ortho intramolecular Hbond substituents is 1. The molecule has 1 aliphatic carbocycles. The fourth-order valence-electron chi connectivity index (χ4n) is 5.27. The van der Waals surface area contributed by atoms with Crippen molar-refractivity contribution < 1.29 is 9.90 Å². The number of amides is 2. The lowest BCUT2D eigenvalue weighted by atomic mass is 9.61. The number of likely N-dealkylation sites (N-methyl/N-ethyl adjacent to an activating group) is 2. The first-order valence-electron chi connectivity index (χ1n) is 10.4. The van der Waals surface area contributed by atoms with Crippen molar-refractivity contribution in [2.24, 2.45) is 4.99 Å². The molecule has 1 aliphatic heterocycles. The van der Waals surface area contributed by atoms with Gasteiger partial charge < -0.3 is 20.2 Å². The highest BCUT2D eigenvalue weighted by molar-refractivity contribution is 5.90. The van der Waals surface area contributed by atoms with Crippen molar-refractivity contribution in [2.45, 2.75) is 37.3 Å². The first kappa shape index (κ1) is 20.4. The van der Waals surface area contributed by atoms with E-state index in [9.17, 15) is 9.90 Å².